The number of hydrogen-bond acceptors (Lipinski definition) is 3. The van der Waals surface area contributed by atoms with Gasteiger partial charge in [0, 0.05) is 24.0 Å². The van der Waals surface area contributed by atoms with E-state index in [1.54, 1.807) is 11.3 Å². The highest BCUT2D eigenvalue weighted by molar-refractivity contribution is 7.09. The summed E-state index contributed by atoms with van der Waals surface area (Å²) in [4.78, 5) is 3.69. The third-order valence-electron chi connectivity index (χ3n) is 3.76. The van der Waals surface area contributed by atoms with Gasteiger partial charge < -0.3 is 0 Å². The van der Waals surface area contributed by atoms with Gasteiger partial charge in [-0.15, -0.1) is 11.3 Å². The molecule has 1 atom stereocenters. The van der Waals surface area contributed by atoms with Gasteiger partial charge in [0.05, 0.1) is 12.5 Å². The van der Waals surface area contributed by atoms with Crippen LogP contribution in [0.1, 0.15) is 28.5 Å². The van der Waals surface area contributed by atoms with E-state index in [-0.39, 0.29) is 6.04 Å². The third kappa shape index (κ3) is 2.40. The molecule has 0 aliphatic carbocycles. The van der Waals surface area contributed by atoms with Crippen LogP contribution in [-0.2, 0) is 6.54 Å². The lowest BCUT2D eigenvalue weighted by Gasteiger charge is -2.37. The van der Waals surface area contributed by atoms with Crippen molar-refractivity contribution < 1.29 is 0 Å². The Hall–Kier alpha value is -1.89. The number of thiophene rings is 1. The highest BCUT2D eigenvalue weighted by atomic mass is 32.1. The Kier molecular flexibility index (Phi) is 3.68. The molecule has 0 spiro atoms. The summed E-state index contributed by atoms with van der Waals surface area (Å²) in [5.41, 5.74) is 3.60. The van der Waals surface area contributed by atoms with E-state index in [0.717, 1.165) is 18.7 Å². The molecule has 0 fully saturated rings. The molecule has 1 aliphatic heterocycles. The Morgan fingerprint density at radius 1 is 1.30 bits per heavy atom. The number of hydrogen-bond donors (Lipinski definition) is 0. The van der Waals surface area contributed by atoms with Crippen LogP contribution in [0.25, 0.3) is 5.57 Å². The molecule has 0 amide bonds. The van der Waals surface area contributed by atoms with Crippen LogP contribution in [0.5, 0.6) is 0 Å². The third-order valence-corrected chi connectivity index (χ3v) is 4.62. The zero-order chi connectivity index (χ0) is 13.9. The van der Waals surface area contributed by atoms with Crippen molar-refractivity contribution in [2.75, 3.05) is 6.54 Å². The van der Waals surface area contributed by atoms with Crippen LogP contribution >= 0.6 is 11.3 Å². The molecule has 3 heteroatoms. The second kappa shape index (κ2) is 5.62. The fourth-order valence-corrected chi connectivity index (χ4v) is 3.57. The van der Waals surface area contributed by atoms with Crippen molar-refractivity contribution >= 4 is 16.9 Å². The summed E-state index contributed by atoms with van der Waals surface area (Å²) < 4.78 is 0. The molecule has 0 N–H and O–H groups in total. The topological polar surface area (TPSA) is 27.0 Å². The van der Waals surface area contributed by atoms with E-state index in [4.69, 9.17) is 5.26 Å². The average molecular weight is 280 g/mol. The van der Waals surface area contributed by atoms with E-state index in [1.807, 2.05) is 12.1 Å². The average Bonchev–Trinajstić information content (AvgIpc) is 2.96. The smallest absolute Gasteiger partial charge is 0.0641 e. The van der Waals surface area contributed by atoms with Gasteiger partial charge in [0.15, 0.2) is 0 Å². The summed E-state index contributed by atoms with van der Waals surface area (Å²) in [5, 5.41) is 11.3. The van der Waals surface area contributed by atoms with Crippen LogP contribution in [0.4, 0.5) is 0 Å². The summed E-state index contributed by atoms with van der Waals surface area (Å²) in [6.45, 7) is 5.93. The first-order valence-corrected chi connectivity index (χ1v) is 7.58. The number of nitriles is 1. The normalized spacial score (nSPS) is 18.6. The summed E-state index contributed by atoms with van der Waals surface area (Å²) >= 11 is 1.76. The van der Waals surface area contributed by atoms with Crippen molar-refractivity contribution in [1.82, 2.24) is 4.90 Å². The van der Waals surface area contributed by atoms with Crippen LogP contribution in [0.15, 0.2) is 48.4 Å². The first kappa shape index (κ1) is 13.1. The zero-order valence-corrected chi connectivity index (χ0v) is 12.1. The molecule has 2 nitrogen and oxygen atoms in total. The summed E-state index contributed by atoms with van der Waals surface area (Å²) in [7, 11) is 0. The molecular formula is C17H16N2S. The minimum absolute atomic E-state index is 0.170. The molecule has 20 heavy (non-hydrogen) atoms. The predicted molar refractivity (Wildman–Crippen MR) is 83.2 cm³/mol. The maximum absolute atomic E-state index is 9.16. The van der Waals surface area contributed by atoms with E-state index in [9.17, 15) is 0 Å². The number of benzene rings is 1. The molecule has 1 aromatic heterocycles. The fraction of sp³-hybridized carbons (Fsp3) is 0.235. The molecule has 2 aromatic rings. The molecule has 1 aromatic carbocycles. The van der Waals surface area contributed by atoms with Gasteiger partial charge >= 0.3 is 0 Å². The maximum Gasteiger partial charge on any atom is 0.0641 e. The largest absolute Gasteiger partial charge is 0.286 e. The highest BCUT2D eigenvalue weighted by Gasteiger charge is 2.28. The van der Waals surface area contributed by atoms with Crippen molar-refractivity contribution in [3.05, 3.63) is 64.4 Å². The first-order chi connectivity index (χ1) is 9.79. The minimum atomic E-state index is 0.170. The highest BCUT2D eigenvalue weighted by Crippen LogP contribution is 2.37. The van der Waals surface area contributed by atoms with Crippen molar-refractivity contribution in [2.24, 2.45) is 0 Å². The van der Waals surface area contributed by atoms with Gasteiger partial charge in [-0.3, -0.25) is 4.90 Å². The van der Waals surface area contributed by atoms with E-state index in [0.29, 0.717) is 6.42 Å². The van der Waals surface area contributed by atoms with Crippen molar-refractivity contribution in [1.29, 1.82) is 5.26 Å². The summed E-state index contributed by atoms with van der Waals surface area (Å²) in [5.74, 6) is 0. The zero-order valence-electron chi connectivity index (χ0n) is 11.2. The summed E-state index contributed by atoms with van der Waals surface area (Å²) in [6.07, 6.45) is 0.523. The number of nitrogens with zero attached hydrogens (tertiary/aromatic N) is 2. The van der Waals surface area contributed by atoms with E-state index in [1.165, 1.54) is 16.0 Å². The second-order valence-corrected chi connectivity index (χ2v) is 6.09. The minimum Gasteiger partial charge on any atom is -0.286 e. The van der Waals surface area contributed by atoms with Crippen LogP contribution in [0.3, 0.4) is 0 Å². The molecule has 0 bridgehead atoms. The molecule has 100 valence electrons. The van der Waals surface area contributed by atoms with Crippen LogP contribution in [-0.4, -0.2) is 11.4 Å². The first-order valence-electron chi connectivity index (χ1n) is 6.70. The van der Waals surface area contributed by atoms with Gasteiger partial charge in [-0.25, -0.2) is 0 Å². The lowest BCUT2D eigenvalue weighted by Crippen LogP contribution is -2.33. The van der Waals surface area contributed by atoms with E-state index in [2.05, 4.69) is 47.2 Å². The molecule has 1 aliphatic rings. The van der Waals surface area contributed by atoms with Gasteiger partial charge in [0.25, 0.3) is 0 Å². The predicted octanol–water partition coefficient (Wildman–Crippen LogP) is 4.23. The van der Waals surface area contributed by atoms with Crippen LogP contribution < -0.4 is 0 Å². The SMILES string of the molecule is C=C1CN(Cc2cccs2)C(CC#N)c2ccccc21. The molecule has 2 heterocycles. The van der Waals surface area contributed by atoms with Crippen molar-refractivity contribution in [2.45, 2.75) is 19.0 Å². The van der Waals surface area contributed by atoms with Crippen LogP contribution in [0, 0.1) is 11.3 Å². The van der Waals surface area contributed by atoms with Gasteiger partial charge in [-0.2, -0.15) is 5.26 Å². The van der Waals surface area contributed by atoms with Crippen molar-refractivity contribution in [3.8, 4) is 6.07 Å². The van der Waals surface area contributed by atoms with Gasteiger partial charge in [0.2, 0.25) is 0 Å². The van der Waals surface area contributed by atoms with Gasteiger partial charge in [-0.05, 0) is 28.1 Å². The number of fused-ring (bicyclic) bond motifs is 1. The van der Waals surface area contributed by atoms with Crippen molar-refractivity contribution in [3.63, 3.8) is 0 Å². The van der Waals surface area contributed by atoms with E-state index < -0.39 is 0 Å². The standard InChI is InChI=1S/C17H16N2S/c1-13-11-19(12-14-5-4-10-20-14)17(8-9-18)16-7-3-2-6-15(13)16/h2-7,10,17H,1,8,11-12H2. The molecule has 3 rings (SSSR count). The van der Waals surface area contributed by atoms with E-state index >= 15 is 0 Å². The Morgan fingerprint density at radius 2 is 2.15 bits per heavy atom. The molecule has 0 radical (unpaired) electrons. The second-order valence-electron chi connectivity index (χ2n) is 5.05. The molecular weight excluding hydrogens is 264 g/mol. The maximum atomic E-state index is 9.16. The molecule has 0 saturated carbocycles. The Morgan fingerprint density at radius 3 is 2.90 bits per heavy atom. The molecule has 1 unspecified atom stereocenters. The Bertz CT molecular complexity index is 652. The lowest BCUT2D eigenvalue weighted by molar-refractivity contribution is 0.211. The molecule has 0 saturated heterocycles. The van der Waals surface area contributed by atoms with Gasteiger partial charge in [-0.1, -0.05) is 36.9 Å². The fourth-order valence-electron chi connectivity index (χ4n) is 2.84. The Balaban J connectivity index is 1.95. The quantitative estimate of drug-likeness (QED) is 0.841. The Labute approximate surface area is 123 Å². The monoisotopic (exact) mass is 280 g/mol. The number of rotatable bonds is 3. The van der Waals surface area contributed by atoms with Gasteiger partial charge in [0.1, 0.15) is 0 Å². The summed E-state index contributed by atoms with van der Waals surface area (Å²) in [6, 6.07) is 15.1. The van der Waals surface area contributed by atoms with Crippen LogP contribution in [0.2, 0.25) is 0 Å². The lowest BCUT2D eigenvalue weighted by atomic mass is 9.88.